The zero-order valence-electron chi connectivity index (χ0n) is 23.5. The number of Topliss-reactive ketones (excluding diaryl/α,β-unsaturated/α-hetero) is 1. The molecule has 1 N–H and O–H groups in total. The van der Waals surface area contributed by atoms with E-state index in [0.29, 0.717) is 28.2 Å². The molecule has 2 amide bonds. The van der Waals surface area contributed by atoms with Crippen molar-refractivity contribution in [1.82, 2.24) is 0 Å². The monoisotopic (exact) mass is 631 g/mol. The molecule has 4 aliphatic rings. The highest BCUT2D eigenvalue weighted by Crippen LogP contribution is 2.57. The lowest BCUT2D eigenvalue weighted by atomic mass is 9.59. The molecule has 1 aliphatic heterocycles. The molecule has 1 fully saturated rings. The van der Waals surface area contributed by atoms with E-state index < -0.39 is 76.2 Å². The van der Waals surface area contributed by atoms with Crippen molar-refractivity contribution < 1.29 is 55.4 Å². The van der Waals surface area contributed by atoms with E-state index >= 15 is 0 Å². The largest absolute Gasteiger partial charge is 0.508 e. The third-order valence-corrected chi connectivity index (χ3v) is 8.92. The SMILES string of the molecule is COc1cc(O)ccc1C1C2=CCC3C(=O)N(c4cc(C(F)(F)F)cc(C(F)(F)F)c4)C(=O)C3C2CC2=C1C(=O)C(C)=CC2=O. The maximum Gasteiger partial charge on any atom is 0.416 e. The van der Waals surface area contributed by atoms with Gasteiger partial charge in [-0.05, 0) is 56.0 Å². The van der Waals surface area contributed by atoms with E-state index in [0.717, 1.165) is 6.08 Å². The number of halogens is 6. The number of carbonyl (C=O) groups excluding carboxylic acids is 4. The van der Waals surface area contributed by atoms with Crippen LogP contribution in [0.4, 0.5) is 32.0 Å². The van der Waals surface area contributed by atoms with Crippen molar-refractivity contribution in [3.63, 3.8) is 0 Å². The number of anilines is 1. The normalized spacial score (nSPS) is 25.1. The topological polar surface area (TPSA) is 101 Å². The molecule has 0 bridgehead atoms. The molecule has 0 aromatic heterocycles. The van der Waals surface area contributed by atoms with Crippen molar-refractivity contribution in [3.8, 4) is 11.5 Å². The molecule has 2 aromatic rings. The molecule has 1 saturated heterocycles. The van der Waals surface area contributed by atoms with Crippen molar-refractivity contribution >= 4 is 29.1 Å². The summed E-state index contributed by atoms with van der Waals surface area (Å²) in [5, 5.41) is 10.1. The Morgan fingerprint density at radius 1 is 0.889 bits per heavy atom. The highest BCUT2D eigenvalue weighted by molar-refractivity contribution is 6.25. The Balaban J connectivity index is 1.49. The molecule has 3 aliphatic carbocycles. The summed E-state index contributed by atoms with van der Waals surface area (Å²) < 4.78 is 87.2. The van der Waals surface area contributed by atoms with Gasteiger partial charge < -0.3 is 9.84 Å². The van der Waals surface area contributed by atoms with Crippen LogP contribution in [0.5, 0.6) is 11.5 Å². The van der Waals surface area contributed by atoms with E-state index in [4.69, 9.17) is 4.74 Å². The number of amides is 2. The Morgan fingerprint density at radius 3 is 2.13 bits per heavy atom. The Hall–Kier alpha value is -4.68. The molecule has 6 rings (SSSR count). The number of imide groups is 1. The van der Waals surface area contributed by atoms with Gasteiger partial charge in [0.2, 0.25) is 11.8 Å². The number of nitrogens with zero attached hydrogens (tertiary/aromatic N) is 1. The number of phenols is 1. The lowest BCUT2D eigenvalue weighted by Crippen LogP contribution is -2.40. The molecule has 2 aromatic carbocycles. The maximum absolute atomic E-state index is 14.0. The average molecular weight is 632 g/mol. The lowest BCUT2D eigenvalue weighted by Gasteiger charge is -2.42. The quantitative estimate of drug-likeness (QED) is 0.191. The van der Waals surface area contributed by atoms with E-state index in [1.165, 1.54) is 32.2 Å². The standard InChI is InChI=1S/C32H23F6NO6/c1-13-7-23(41)22-12-21-18(25(27(22)28(13)42)19-4-3-17(40)11-24(19)45-2)5-6-20-26(21)30(44)39(29(20)43)16-9-14(31(33,34)35)8-15(10-16)32(36,37)38/h3-5,7-11,20-21,25-26,40H,6,12H2,1-2H3. The minimum atomic E-state index is -5.20. The number of benzene rings is 2. The zero-order valence-corrected chi connectivity index (χ0v) is 23.5. The van der Waals surface area contributed by atoms with Crippen LogP contribution in [0, 0.1) is 17.8 Å². The van der Waals surface area contributed by atoms with Crippen LogP contribution >= 0.6 is 0 Å². The van der Waals surface area contributed by atoms with Gasteiger partial charge in [0, 0.05) is 34.3 Å². The van der Waals surface area contributed by atoms with Crippen LogP contribution in [0.2, 0.25) is 0 Å². The first-order valence-corrected chi connectivity index (χ1v) is 13.8. The van der Waals surface area contributed by atoms with Gasteiger partial charge >= 0.3 is 12.4 Å². The fourth-order valence-electron chi connectivity index (χ4n) is 6.98. The van der Waals surface area contributed by atoms with E-state index in [2.05, 4.69) is 0 Å². The van der Waals surface area contributed by atoms with Crippen molar-refractivity contribution in [3.05, 3.63) is 87.5 Å². The Labute approximate surface area is 251 Å². The van der Waals surface area contributed by atoms with Crippen LogP contribution in [0.15, 0.2) is 70.8 Å². The molecule has 13 heteroatoms. The number of methoxy groups -OCH3 is 1. The second kappa shape index (κ2) is 10.2. The summed E-state index contributed by atoms with van der Waals surface area (Å²) in [6.07, 6.45) is -7.86. The van der Waals surface area contributed by atoms with Gasteiger partial charge in [-0.1, -0.05) is 17.7 Å². The minimum absolute atomic E-state index is 0.0886. The highest BCUT2D eigenvalue weighted by atomic mass is 19.4. The van der Waals surface area contributed by atoms with Gasteiger partial charge in [0.05, 0.1) is 35.8 Å². The van der Waals surface area contributed by atoms with Crippen molar-refractivity contribution in [2.75, 3.05) is 12.0 Å². The number of ketones is 2. The van der Waals surface area contributed by atoms with Gasteiger partial charge in [-0.2, -0.15) is 26.3 Å². The summed E-state index contributed by atoms with van der Waals surface area (Å²) in [6.45, 7) is 1.48. The van der Waals surface area contributed by atoms with E-state index in [-0.39, 0.29) is 47.1 Å². The van der Waals surface area contributed by atoms with Crippen LogP contribution in [0.25, 0.3) is 0 Å². The third kappa shape index (κ3) is 4.75. The molecule has 4 atom stereocenters. The second-order valence-corrected chi connectivity index (χ2v) is 11.4. The Kier molecular flexibility index (Phi) is 6.86. The molecular weight excluding hydrogens is 608 g/mol. The predicted octanol–water partition coefficient (Wildman–Crippen LogP) is 6.07. The fourth-order valence-corrected chi connectivity index (χ4v) is 6.98. The Bertz CT molecular complexity index is 1770. The smallest absolute Gasteiger partial charge is 0.416 e. The number of fused-ring (bicyclic) bond motifs is 3. The van der Waals surface area contributed by atoms with Crippen molar-refractivity contribution in [2.45, 2.75) is 38.0 Å². The summed E-state index contributed by atoms with van der Waals surface area (Å²) in [5.74, 6) is -7.09. The van der Waals surface area contributed by atoms with Crippen LogP contribution in [-0.2, 0) is 31.5 Å². The number of aromatic hydroxyl groups is 1. The van der Waals surface area contributed by atoms with Gasteiger partial charge in [0.1, 0.15) is 11.5 Å². The van der Waals surface area contributed by atoms with E-state index in [1.807, 2.05) is 0 Å². The van der Waals surface area contributed by atoms with Gasteiger partial charge in [0.15, 0.2) is 11.6 Å². The van der Waals surface area contributed by atoms with Gasteiger partial charge in [-0.25, -0.2) is 4.90 Å². The number of hydrogen-bond acceptors (Lipinski definition) is 6. The molecule has 4 unspecified atom stereocenters. The number of alkyl halides is 6. The summed E-state index contributed by atoms with van der Waals surface area (Å²) in [7, 11) is 1.33. The number of hydrogen-bond donors (Lipinski definition) is 1. The van der Waals surface area contributed by atoms with Gasteiger partial charge in [0.25, 0.3) is 0 Å². The Morgan fingerprint density at radius 2 is 1.53 bits per heavy atom. The van der Waals surface area contributed by atoms with E-state index in [1.54, 1.807) is 6.08 Å². The van der Waals surface area contributed by atoms with Crippen molar-refractivity contribution in [2.24, 2.45) is 17.8 Å². The zero-order chi connectivity index (χ0) is 32.7. The second-order valence-electron chi connectivity index (χ2n) is 11.4. The first-order chi connectivity index (χ1) is 21.0. The van der Waals surface area contributed by atoms with Crippen molar-refractivity contribution in [1.29, 1.82) is 0 Å². The molecule has 7 nitrogen and oxygen atoms in total. The first-order valence-electron chi connectivity index (χ1n) is 13.8. The fraction of sp³-hybridized carbons (Fsp3) is 0.312. The third-order valence-electron chi connectivity index (χ3n) is 8.92. The number of ether oxygens (including phenoxy) is 1. The van der Waals surface area contributed by atoms with Crippen LogP contribution < -0.4 is 9.64 Å². The summed E-state index contributed by atoms with van der Waals surface area (Å²) in [4.78, 5) is 54.8. The average Bonchev–Trinajstić information content (AvgIpc) is 3.23. The van der Waals surface area contributed by atoms with E-state index in [9.17, 15) is 50.6 Å². The highest BCUT2D eigenvalue weighted by Gasteiger charge is 2.57. The predicted molar refractivity (Wildman–Crippen MR) is 145 cm³/mol. The number of allylic oxidation sites excluding steroid dienone is 6. The number of carbonyl (C=O) groups is 4. The van der Waals surface area contributed by atoms with Gasteiger partial charge in [-0.3, -0.25) is 19.2 Å². The molecule has 234 valence electrons. The minimum Gasteiger partial charge on any atom is -0.508 e. The molecular formula is C32H23F6NO6. The summed E-state index contributed by atoms with van der Waals surface area (Å²) in [5.41, 5.74) is -2.94. The molecule has 0 radical (unpaired) electrons. The molecule has 45 heavy (non-hydrogen) atoms. The lowest BCUT2D eigenvalue weighted by molar-refractivity contribution is -0.143. The summed E-state index contributed by atoms with van der Waals surface area (Å²) in [6, 6.07) is 4.73. The first kappa shape index (κ1) is 30.4. The van der Waals surface area contributed by atoms with Crippen LogP contribution in [0.1, 0.15) is 42.4 Å². The number of phenolic OH excluding ortho intramolecular Hbond substituents is 1. The molecule has 1 heterocycles. The maximum atomic E-state index is 14.0. The summed E-state index contributed by atoms with van der Waals surface area (Å²) >= 11 is 0. The van der Waals surface area contributed by atoms with Crippen LogP contribution in [0.3, 0.4) is 0 Å². The molecule has 0 saturated carbocycles. The van der Waals surface area contributed by atoms with Gasteiger partial charge in [-0.15, -0.1) is 0 Å². The van der Waals surface area contributed by atoms with Crippen LogP contribution in [-0.4, -0.2) is 35.6 Å². The molecule has 0 spiro atoms. The number of rotatable bonds is 3.